The number of hydrogen-bond acceptors (Lipinski definition) is 6. The lowest BCUT2D eigenvalue weighted by Gasteiger charge is -2.42. The molecule has 0 aliphatic heterocycles. The number of carboxylic acids is 1. The minimum atomic E-state index is -0.854. The number of nitrogens with one attached hydrogen (secondary N) is 1. The van der Waals surface area contributed by atoms with Crippen molar-refractivity contribution in [2.24, 2.45) is 0 Å². The van der Waals surface area contributed by atoms with E-state index in [4.69, 9.17) is 5.11 Å². The van der Waals surface area contributed by atoms with Crippen molar-refractivity contribution in [1.82, 2.24) is 19.6 Å². The lowest BCUT2D eigenvalue weighted by atomic mass is 9.85. The molecule has 0 spiro atoms. The molecule has 1 fully saturated rings. The van der Waals surface area contributed by atoms with Crippen molar-refractivity contribution in [3.05, 3.63) is 33.7 Å². The Morgan fingerprint density at radius 2 is 2.25 bits per heavy atom. The van der Waals surface area contributed by atoms with Crippen LogP contribution in [0.15, 0.2) is 22.6 Å². The van der Waals surface area contributed by atoms with Crippen LogP contribution in [0.5, 0.6) is 0 Å². The van der Waals surface area contributed by atoms with E-state index in [0.29, 0.717) is 24.3 Å². The van der Waals surface area contributed by atoms with E-state index in [-0.39, 0.29) is 29.8 Å². The number of thiazole rings is 1. The van der Waals surface area contributed by atoms with E-state index in [2.05, 4.69) is 10.3 Å². The van der Waals surface area contributed by atoms with E-state index in [1.807, 2.05) is 11.8 Å². The highest BCUT2D eigenvalue weighted by Crippen LogP contribution is 2.25. The zero-order valence-electron chi connectivity index (χ0n) is 13.1. The lowest BCUT2D eigenvalue weighted by Crippen LogP contribution is -2.55. The molecule has 0 atom stereocenters. The summed E-state index contributed by atoms with van der Waals surface area (Å²) < 4.78 is 1.36. The topological polar surface area (TPSA) is 104 Å². The van der Waals surface area contributed by atoms with Gasteiger partial charge in [0, 0.05) is 29.9 Å². The van der Waals surface area contributed by atoms with Crippen molar-refractivity contribution in [3.8, 4) is 0 Å². The van der Waals surface area contributed by atoms with E-state index in [1.165, 1.54) is 21.9 Å². The summed E-state index contributed by atoms with van der Waals surface area (Å²) in [7, 11) is 0. The van der Waals surface area contributed by atoms with Crippen LogP contribution in [0.25, 0.3) is 4.96 Å². The van der Waals surface area contributed by atoms with Crippen LogP contribution in [0.4, 0.5) is 0 Å². The van der Waals surface area contributed by atoms with Crippen LogP contribution < -0.4 is 10.9 Å². The van der Waals surface area contributed by atoms with Gasteiger partial charge in [-0.15, -0.1) is 11.3 Å². The second-order valence-electron chi connectivity index (χ2n) is 5.79. The van der Waals surface area contributed by atoms with E-state index in [9.17, 15) is 14.4 Å². The van der Waals surface area contributed by atoms with Gasteiger partial charge in [0.05, 0.1) is 6.54 Å². The lowest BCUT2D eigenvalue weighted by molar-refractivity contribution is -0.139. The van der Waals surface area contributed by atoms with Gasteiger partial charge in [-0.1, -0.05) is 6.92 Å². The second-order valence-corrected chi connectivity index (χ2v) is 6.66. The number of carbonyl (C=O) groups excluding carboxylic acids is 1. The SMILES string of the molecule is CCN(CC(=O)O)C1CC(NC(=O)c2cnc3sccn3c2=O)C1. The van der Waals surface area contributed by atoms with E-state index in [1.54, 1.807) is 11.6 Å². The number of aromatic nitrogens is 2. The molecule has 2 aromatic heterocycles. The molecule has 2 heterocycles. The van der Waals surface area contributed by atoms with Gasteiger partial charge in [0.2, 0.25) is 0 Å². The molecule has 1 amide bonds. The molecule has 9 heteroatoms. The van der Waals surface area contributed by atoms with E-state index in [0.717, 1.165) is 0 Å². The molecule has 1 saturated carbocycles. The first-order chi connectivity index (χ1) is 11.5. The quantitative estimate of drug-likeness (QED) is 0.783. The number of carbonyl (C=O) groups is 2. The molecule has 0 aromatic carbocycles. The Labute approximate surface area is 141 Å². The third kappa shape index (κ3) is 3.17. The summed E-state index contributed by atoms with van der Waals surface area (Å²) in [5, 5.41) is 13.5. The average Bonchev–Trinajstić information content (AvgIpc) is 2.98. The van der Waals surface area contributed by atoms with Crippen molar-refractivity contribution < 1.29 is 14.7 Å². The molecule has 0 bridgehead atoms. The number of hydrogen-bond donors (Lipinski definition) is 2. The smallest absolute Gasteiger partial charge is 0.317 e. The molecule has 2 aromatic rings. The van der Waals surface area contributed by atoms with E-state index >= 15 is 0 Å². The Bertz CT molecular complexity index is 824. The number of rotatable bonds is 6. The summed E-state index contributed by atoms with van der Waals surface area (Å²) in [6, 6.07) is 0.0999. The molecule has 2 N–H and O–H groups in total. The Morgan fingerprint density at radius 3 is 2.92 bits per heavy atom. The third-order valence-electron chi connectivity index (χ3n) is 4.30. The van der Waals surface area contributed by atoms with Gasteiger partial charge in [0.25, 0.3) is 11.5 Å². The van der Waals surface area contributed by atoms with Gasteiger partial charge in [0.1, 0.15) is 5.56 Å². The summed E-state index contributed by atoms with van der Waals surface area (Å²) in [5.74, 6) is -1.29. The zero-order valence-corrected chi connectivity index (χ0v) is 14.0. The highest BCUT2D eigenvalue weighted by molar-refractivity contribution is 7.15. The number of carboxylic acid groups (broad SMARTS) is 1. The molecular formula is C15H18N4O4S. The summed E-state index contributed by atoms with van der Waals surface area (Å²) in [5.41, 5.74) is -0.358. The average molecular weight is 350 g/mol. The molecule has 24 heavy (non-hydrogen) atoms. The van der Waals surface area contributed by atoms with Crippen molar-refractivity contribution in [3.63, 3.8) is 0 Å². The van der Waals surface area contributed by atoms with E-state index < -0.39 is 11.9 Å². The fraction of sp³-hybridized carbons (Fsp3) is 0.467. The number of likely N-dealkylation sites (N-methyl/N-ethyl adjacent to an activating group) is 1. The monoisotopic (exact) mass is 350 g/mol. The molecule has 0 unspecified atom stereocenters. The van der Waals surface area contributed by atoms with Crippen LogP contribution in [0.3, 0.4) is 0 Å². The molecule has 0 radical (unpaired) electrons. The minimum absolute atomic E-state index is 0.00191. The van der Waals surface area contributed by atoms with Crippen LogP contribution in [0.1, 0.15) is 30.1 Å². The molecule has 8 nitrogen and oxygen atoms in total. The van der Waals surface area contributed by atoms with Crippen molar-refractivity contribution >= 4 is 28.2 Å². The summed E-state index contributed by atoms with van der Waals surface area (Å²) in [6.07, 6.45) is 4.27. The van der Waals surface area contributed by atoms with Gasteiger partial charge < -0.3 is 10.4 Å². The van der Waals surface area contributed by atoms with Gasteiger partial charge in [0.15, 0.2) is 4.96 Å². The third-order valence-corrected chi connectivity index (χ3v) is 5.07. The molecule has 1 aliphatic carbocycles. The van der Waals surface area contributed by atoms with Crippen molar-refractivity contribution in [2.45, 2.75) is 31.8 Å². The largest absolute Gasteiger partial charge is 0.480 e. The highest BCUT2D eigenvalue weighted by atomic mass is 32.1. The number of amides is 1. The summed E-state index contributed by atoms with van der Waals surface area (Å²) >= 11 is 1.33. The fourth-order valence-corrected chi connectivity index (χ4v) is 3.60. The first kappa shape index (κ1) is 16.6. The van der Waals surface area contributed by atoms with Crippen LogP contribution in [-0.2, 0) is 4.79 Å². The predicted molar refractivity (Wildman–Crippen MR) is 88.5 cm³/mol. The standard InChI is InChI=1S/C15H18N4O4S/c1-2-18(8-12(20)21)10-5-9(6-10)17-13(22)11-7-16-15-19(14(11)23)3-4-24-15/h3-4,7,9-10H,2,5-6,8H2,1H3,(H,17,22)(H,20,21). The van der Waals surface area contributed by atoms with Crippen LogP contribution in [0, 0.1) is 0 Å². The molecular weight excluding hydrogens is 332 g/mol. The van der Waals surface area contributed by atoms with Gasteiger partial charge in [-0.2, -0.15) is 0 Å². The van der Waals surface area contributed by atoms with Gasteiger partial charge in [-0.3, -0.25) is 23.7 Å². The Morgan fingerprint density at radius 1 is 1.50 bits per heavy atom. The minimum Gasteiger partial charge on any atom is -0.480 e. The molecule has 128 valence electrons. The van der Waals surface area contributed by atoms with Crippen LogP contribution in [0.2, 0.25) is 0 Å². The first-order valence-electron chi connectivity index (χ1n) is 7.71. The normalized spacial score (nSPS) is 20.1. The van der Waals surface area contributed by atoms with Gasteiger partial charge >= 0.3 is 5.97 Å². The van der Waals surface area contributed by atoms with Crippen molar-refractivity contribution in [2.75, 3.05) is 13.1 Å². The maximum atomic E-state index is 12.3. The predicted octanol–water partition coefficient (Wildman–Crippen LogP) is 0.423. The second kappa shape index (κ2) is 6.70. The maximum Gasteiger partial charge on any atom is 0.317 e. The maximum absolute atomic E-state index is 12.3. The number of aliphatic carboxylic acids is 1. The fourth-order valence-electron chi connectivity index (χ4n) is 2.92. The molecule has 0 saturated heterocycles. The summed E-state index contributed by atoms with van der Waals surface area (Å²) in [4.78, 5) is 41.9. The van der Waals surface area contributed by atoms with Gasteiger partial charge in [-0.25, -0.2) is 4.98 Å². The Hall–Kier alpha value is -2.26. The zero-order chi connectivity index (χ0) is 17.3. The number of fused-ring (bicyclic) bond motifs is 1. The van der Waals surface area contributed by atoms with Crippen molar-refractivity contribution in [1.29, 1.82) is 0 Å². The first-order valence-corrected chi connectivity index (χ1v) is 8.59. The number of nitrogens with zero attached hydrogens (tertiary/aromatic N) is 3. The van der Waals surface area contributed by atoms with Crippen LogP contribution in [-0.4, -0.2) is 56.4 Å². The molecule has 1 aliphatic rings. The Kier molecular flexibility index (Phi) is 4.63. The van der Waals surface area contributed by atoms with Crippen LogP contribution >= 0.6 is 11.3 Å². The van der Waals surface area contributed by atoms with Gasteiger partial charge in [-0.05, 0) is 19.4 Å². The Balaban J connectivity index is 1.61. The molecule has 3 rings (SSSR count). The summed E-state index contributed by atoms with van der Waals surface area (Å²) in [6.45, 7) is 2.57. The highest BCUT2D eigenvalue weighted by Gasteiger charge is 2.35.